The van der Waals surface area contributed by atoms with Crippen LogP contribution >= 0.6 is 15.9 Å². The minimum absolute atomic E-state index is 0.559. The summed E-state index contributed by atoms with van der Waals surface area (Å²) < 4.78 is 2.30. The van der Waals surface area contributed by atoms with E-state index >= 15 is 0 Å². The topological polar surface area (TPSA) is 63.8 Å². The van der Waals surface area contributed by atoms with Gasteiger partial charge in [-0.25, -0.2) is 9.67 Å². The molecule has 0 aliphatic carbocycles. The summed E-state index contributed by atoms with van der Waals surface area (Å²) in [5, 5.41) is 19.0. The third-order valence-electron chi connectivity index (χ3n) is 2.99. The van der Waals surface area contributed by atoms with Crippen molar-refractivity contribution in [3.63, 3.8) is 0 Å². The second kappa shape index (κ2) is 4.71. The Kier molecular flexibility index (Phi) is 3.04. The Morgan fingerprint density at radius 1 is 1.32 bits per heavy atom. The Labute approximate surface area is 118 Å². The van der Waals surface area contributed by atoms with E-state index < -0.39 is 6.10 Å². The molecule has 2 heterocycles. The predicted octanol–water partition coefficient (Wildman–Crippen LogP) is 2.21. The molecule has 19 heavy (non-hydrogen) atoms. The third kappa shape index (κ3) is 2.13. The summed E-state index contributed by atoms with van der Waals surface area (Å²) in [4.78, 5) is 4.51. The van der Waals surface area contributed by atoms with E-state index in [1.54, 1.807) is 7.05 Å². The van der Waals surface area contributed by atoms with Crippen molar-refractivity contribution in [2.24, 2.45) is 7.05 Å². The van der Waals surface area contributed by atoms with E-state index in [-0.39, 0.29) is 0 Å². The number of halogens is 1. The van der Waals surface area contributed by atoms with Crippen molar-refractivity contribution in [1.82, 2.24) is 20.0 Å². The van der Waals surface area contributed by atoms with Crippen molar-refractivity contribution >= 4 is 26.8 Å². The van der Waals surface area contributed by atoms with Crippen molar-refractivity contribution in [3.05, 3.63) is 52.4 Å². The molecule has 0 aliphatic rings. The summed E-state index contributed by atoms with van der Waals surface area (Å²) in [6, 6.07) is 9.72. The summed E-state index contributed by atoms with van der Waals surface area (Å²) in [5.74, 6) is 0. The van der Waals surface area contributed by atoms with Crippen LogP contribution in [0.4, 0.5) is 0 Å². The zero-order chi connectivity index (χ0) is 13.4. The van der Waals surface area contributed by atoms with E-state index in [0.29, 0.717) is 11.4 Å². The average Bonchev–Trinajstić information content (AvgIpc) is 2.83. The lowest BCUT2D eigenvalue weighted by Crippen LogP contribution is -2.09. The van der Waals surface area contributed by atoms with Gasteiger partial charge in [0.2, 0.25) is 0 Å². The molecule has 0 spiro atoms. The number of aromatic nitrogens is 4. The second-order valence-corrected chi connectivity index (χ2v) is 5.09. The van der Waals surface area contributed by atoms with Crippen LogP contribution in [0.3, 0.4) is 0 Å². The van der Waals surface area contributed by atoms with Crippen molar-refractivity contribution < 1.29 is 5.11 Å². The maximum absolute atomic E-state index is 10.4. The maximum atomic E-state index is 10.4. The number of rotatable bonds is 2. The van der Waals surface area contributed by atoms with Crippen LogP contribution in [0, 0.1) is 0 Å². The first kappa shape index (κ1) is 12.3. The van der Waals surface area contributed by atoms with Crippen molar-refractivity contribution in [3.8, 4) is 0 Å². The molecule has 1 N–H and O–H groups in total. The van der Waals surface area contributed by atoms with Crippen LogP contribution < -0.4 is 0 Å². The molecular weight excluding hydrogens is 308 g/mol. The number of aliphatic hydroxyl groups excluding tert-OH is 1. The zero-order valence-corrected chi connectivity index (χ0v) is 11.7. The molecule has 1 aromatic carbocycles. The smallest absolute Gasteiger partial charge is 0.140 e. The predicted molar refractivity (Wildman–Crippen MR) is 74.5 cm³/mol. The summed E-state index contributed by atoms with van der Waals surface area (Å²) >= 11 is 3.46. The summed E-state index contributed by atoms with van der Waals surface area (Å²) in [7, 11) is 1.74. The zero-order valence-electron chi connectivity index (χ0n) is 10.2. The van der Waals surface area contributed by atoms with Gasteiger partial charge in [-0.2, -0.15) is 0 Å². The van der Waals surface area contributed by atoms with Crippen LogP contribution in [0.2, 0.25) is 0 Å². The minimum atomic E-state index is -0.862. The molecule has 0 amide bonds. The van der Waals surface area contributed by atoms with Gasteiger partial charge in [0, 0.05) is 16.9 Å². The highest BCUT2D eigenvalue weighted by atomic mass is 79.9. The van der Waals surface area contributed by atoms with Crippen LogP contribution in [0.5, 0.6) is 0 Å². The Hall–Kier alpha value is -1.79. The molecule has 0 saturated heterocycles. The summed E-state index contributed by atoms with van der Waals surface area (Å²) in [6.07, 6.45) is 0.674. The molecule has 1 atom stereocenters. The molecule has 1 unspecified atom stereocenters. The number of benzene rings is 1. The van der Waals surface area contributed by atoms with Gasteiger partial charge in [-0.1, -0.05) is 23.4 Å². The van der Waals surface area contributed by atoms with E-state index in [4.69, 9.17) is 0 Å². The van der Waals surface area contributed by atoms with E-state index in [2.05, 4.69) is 31.2 Å². The number of fused-ring (bicyclic) bond motifs is 1. The van der Waals surface area contributed by atoms with E-state index in [1.807, 2.05) is 30.3 Å². The third-order valence-corrected chi connectivity index (χ3v) is 3.63. The fraction of sp³-hybridized carbons (Fsp3) is 0.154. The van der Waals surface area contributed by atoms with E-state index in [0.717, 1.165) is 15.4 Å². The highest BCUT2D eigenvalue weighted by Crippen LogP contribution is 2.29. The fourth-order valence-electron chi connectivity index (χ4n) is 1.98. The van der Waals surface area contributed by atoms with Gasteiger partial charge in [0.25, 0.3) is 0 Å². The first-order valence-electron chi connectivity index (χ1n) is 5.74. The molecule has 5 nitrogen and oxygen atoms in total. The quantitative estimate of drug-likeness (QED) is 0.786. The standard InChI is InChI=1S/C13H11BrN4O/c1-18-11(7-15-17-18)13(19)12-9(14)6-8-4-2-3-5-10(8)16-12/h2-7,13,19H,1H3. The van der Waals surface area contributed by atoms with Gasteiger partial charge in [-0.05, 0) is 28.1 Å². The minimum Gasteiger partial charge on any atom is -0.380 e. The van der Waals surface area contributed by atoms with Crippen LogP contribution in [0.1, 0.15) is 17.5 Å². The van der Waals surface area contributed by atoms with Gasteiger partial charge in [0.1, 0.15) is 6.10 Å². The molecular formula is C13H11BrN4O. The van der Waals surface area contributed by atoms with Crippen molar-refractivity contribution in [2.75, 3.05) is 0 Å². The number of para-hydroxylation sites is 1. The first-order chi connectivity index (χ1) is 9.16. The number of nitrogens with zero attached hydrogens (tertiary/aromatic N) is 4. The van der Waals surface area contributed by atoms with Crippen molar-refractivity contribution in [1.29, 1.82) is 0 Å². The molecule has 2 aromatic heterocycles. The van der Waals surface area contributed by atoms with Crippen LogP contribution in [-0.4, -0.2) is 25.1 Å². The number of pyridine rings is 1. The molecule has 3 rings (SSSR count). The lowest BCUT2D eigenvalue weighted by Gasteiger charge is -2.12. The number of aliphatic hydroxyl groups is 1. The Morgan fingerprint density at radius 2 is 2.11 bits per heavy atom. The Balaban J connectivity index is 2.14. The number of hydrogen-bond donors (Lipinski definition) is 1. The van der Waals surface area contributed by atoms with Gasteiger partial charge >= 0.3 is 0 Å². The lowest BCUT2D eigenvalue weighted by molar-refractivity contribution is 0.204. The van der Waals surface area contributed by atoms with Crippen LogP contribution in [0.25, 0.3) is 10.9 Å². The normalized spacial score (nSPS) is 12.8. The largest absolute Gasteiger partial charge is 0.380 e. The highest BCUT2D eigenvalue weighted by molar-refractivity contribution is 9.10. The number of hydrogen-bond acceptors (Lipinski definition) is 4. The molecule has 0 radical (unpaired) electrons. The second-order valence-electron chi connectivity index (χ2n) is 4.23. The lowest BCUT2D eigenvalue weighted by atomic mass is 10.1. The van der Waals surface area contributed by atoms with Crippen LogP contribution in [-0.2, 0) is 7.05 Å². The molecule has 6 heteroatoms. The van der Waals surface area contributed by atoms with E-state index in [1.165, 1.54) is 10.9 Å². The number of aryl methyl sites for hydroxylation is 1. The first-order valence-corrected chi connectivity index (χ1v) is 6.54. The van der Waals surface area contributed by atoms with Gasteiger partial charge in [-0.3, -0.25) is 0 Å². The summed E-state index contributed by atoms with van der Waals surface area (Å²) in [5.41, 5.74) is 2.00. The average molecular weight is 319 g/mol. The van der Waals surface area contributed by atoms with Crippen molar-refractivity contribution in [2.45, 2.75) is 6.10 Å². The van der Waals surface area contributed by atoms with E-state index in [9.17, 15) is 5.11 Å². The maximum Gasteiger partial charge on any atom is 0.140 e. The van der Waals surface area contributed by atoms with Gasteiger partial charge in [0.05, 0.1) is 23.1 Å². The molecule has 96 valence electrons. The molecule has 0 fully saturated rings. The molecule has 3 aromatic rings. The fourth-order valence-corrected chi connectivity index (χ4v) is 2.53. The monoisotopic (exact) mass is 318 g/mol. The Morgan fingerprint density at radius 3 is 2.84 bits per heavy atom. The summed E-state index contributed by atoms with van der Waals surface area (Å²) in [6.45, 7) is 0. The van der Waals surface area contributed by atoms with Crippen LogP contribution in [0.15, 0.2) is 41.0 Å². The van der Waals surface area contributed by atoms with Gasteiger partial charge in [0.15, 0.2) is 0 Å². The highest BCUT2D eigenvalue weighted by Gasteiger charge is 2.19. The Bertz CT molecular complexity index is 740. The van der Waals surface area contributed by atoms with Gasteiger partial charge < -0.3 is 5.11 Å². The SMILES string of the molecule is Cn1nncc1C(O)c1nc2ccccc2cc1Br. The molecule has 0 saturated carbocycles. The molecule has 0 bridgehead atoms. The van der Waals surface area contributed by atoms with Gasteiger partial charge in [-0.15, -0.1) is 5.10 Å². The molecule has 0 aliphatic heterocycles.